The highest BCUT2D eigenvalue weighted by atomic mass is 32.1. The van der Waals surface area contributed by atoms with Crippen molar-refractivity contribution in [2.24, 2.45) is 0 Å². The second kappa shape index (κ2) is 11.5. The lowest BCUT2D eigenvalue weighted by molar-refractivity contribution is 1.31. The first-order valence-electron chi connectivity index (χ1n) is 16.6. The summed E-state index contributed by atoms with van der Waals surface area (Å²) in [5.41, 5.74) is 8.39. The van der Waals surface area contributed by atoms with E-state index in [1.54, 1.807) is 0 Å². The first-order chi connectivity index (χ1) is 24.3. The fraction of sp³-hybridized carbons (Fsp3) is 0. The SMILES string of the molecule is c1cc(-c2ccc(N(c3ccc4sc5ccccc5c4c3)c3cccc4c3sc3ccccc34)cc2)cc(-c2cccc3ccccc23)c1. The molecule has 0 aliphatic carbocycles. The minimum atomic E-state index is 1.14. The van der Waals surface area contributed by atoms with Gasteiger partial charge in [-0.05, 0) is 87.6 Å². The third kappa shape index (κ3) is 4.74. The minimum absolute atomic E-state index is 1.14. The van der Waals surface area contributed by atoms with Crippen molar-refractivity contribution >= 4 is 90.9 Å². The van der Waals surface area contributed by atoms with Crippen LogP contribution in [0.5, 0.6) is 0 Å². The molecule has 0 spiro atoms. The summed E-state index contributed by atoms with van der Waals surface area (Å²) in [5.74, 6) is 0. The Morgan fingerprint density at radius 2 is 0.959 bits per heavy atom. The fourth-order valence-corrected chi connectivity index (χ4v) is 9.63. The van der Waals surface area contributed by atoms with Crippen molar-refractivity contribution in [3.8, 4) is 22.3 Å². The van der Waals surface area contributed by atoms with Crippen LogP contribution in [0.1, 0.15) is 0 Å². The van der Waals surface area contributed by atoms with Crippen LogP contribution in [0.2, 0.25) is 0 Å². The van der Waals surface area contributed by atoms with E-state index < -0.39 is 0 Å². The van der Waals surface area contributed by atoms with Crippen molar-refractivity contribution in [3.05, 3.63) is 176 Å². The first-order valence-corrected chi connectivity index (χ1v) is 18.2. The minimum Gasteiger partial charge on any atom is -0.309 e. The van der Waals surface area contributed by atoms with E-state index in [-0.39, 0.29) is 0 Å². The Hall–Kier alpha value is -5.74. The normalized spacial score (nSPS) is 11.7. The van der Waals surface area contributed by atoms with Crippen molar-refractivity contribution in [2.45, 2.75) is 0 Å². The van der Waals surface area contributed by atoms with Gasteiger partial charge >= 0.3 is 0 Å². The Balaban J connectivity index is 1.12. The van der Waals surface area contributed by atoms with Gasteiger partial charge < -0.3 is 4.90 Å². The van der Waals surface area contributed by atoms with Gasteiger partial charge in [-0.15, -0.1) is 22.7 Å². The molecule has 0 fully saturated rings. The Bertz CT molecular complexity index is 2830. The van der Waals surface area contributed by atoms with Crippen LogP contribution >= 0.6 is 22.7 Å². The zero-order valence-corrected chi connectivity index (χ0v) is 28.1. The summed E-state index contributed by atoms with van der Waals surface area (Å²) in [6.07, 6.45) is 0. The Labute approximate surface area is 292 Å². The van der Waals surface area contributed by atoms with Gasteiger partial charge in [0.2, 0.25) is 0 Å². The van der Waals surface area contributed by atoms with Crippen LogP contribution in [0.4, 0.5) is 17.1 Å². The van der Waals surface area contributed by atoms with E-state index in [2.05, 4.69) is 181 Å². The zero-order chi connectivity index (χ0) is 32.3. The Morgan fingerprint density at radius 3 is 1.82 bits per heavy atom. The summed E-state index contributed by atoms with van der Waals surface area (Å²) in [6, 6.07) is 64.4. The van der Waals surface area contributed by atoms with Crippen LogP contribution in [0, 0.1) is 0 Å². The van der Waals surface area contributed by atoms with Crippen LogP contribution in [0.25, 0.3) is 73.4 Å². The van der Waals surface area contributed by atoms with Gasteiger partial charge in [0.05, 0.1) is 10.4 Å². The molecule has 0 radical (unpaired) electrons. The van der Waals surface area contributed by atoms with Crippen LogP contribution in [0.3, 0.4) is 0 Å². The van der Waals surface area contributed by atoms with Gasteiger partial charge in [-0.3, -0.25) is 0 Å². The van der Waals surface area contributed by atoms with E-state index >= 15 is 0 Å². The molecule has 1 nitrogen and oxygen atoms in total. The number of fused-ring (bicyclic) bond motifs is 7. The Morgan fingerprint density at radius 1 is 0.347 bits per heavy atom. The van der Waals surface area contributed by atoms with Gasteiger partial charge in [0.15, 0.2) is 0 Å². The molecule has 0 amide bonds. The monoisotopic (exact) mass is 659 g/mol. The molecule has 0 aliphatic rings. The predicted octanol–water partition coefficient (Wildman–Crippen LogP) is 14.4. The molecule has 0 bridgehead atoms. The molecule has 0 atom stereocenters. The van der Waals surface area contributed by atoms with E-state index in [4.69, 9.17) is 0 Å². The fourth-order valence-electron chi connectivity index (χ4n) is 7.34. The molecule has 0 unspecified atom stereocenters. The second-order valence-corrected chi connectivity index (χ2v) is 14.7. The van der Waals surface area contributed by atoms with E-state index in [1.165, 1.54) is 79.1 Å². The molecule has 3 heteroatoms. The molecule has 230 valence electrons. The number of benzene rings is 8. The number of rotatable bonds is 5. The molecular weight excluding hydrogens is 631 g/mol. The Kier molecular flexibility index (Phi) is 6.61. The molecule has 10 aromatic rings. The molecule has 2 heterocycles. The van der Waals surface area contributed by atoms with E-state index in [0.29, 0.717) is 0 Å². The van der Waals surface area contributed by atoms with Gasteiger partial charge in [0.25, 0.3) is 0 Å². The highest BCUT2D eigenvalue weighted by Gasteiger charge is 2.19. The quantitative estimate of drug-likeness (QED) is 0.178. The van der Waals surface area contributed by atoms with Gasteiger partial charge in [-0.25, -0.2) is 0 Å². The number of nitrogens with zero attached hydrogens (tertiary/aromatic N) is 1. The topological polar surface area (TPSA) is 3.24 Å². The number of hydrogen-bond acceptors (Lipinski definition) is 3. The summed E-state index contributed by atoms with van der Waals surface area (Å²) in [6.45, 7) is 0. The second-order valence-electron chi connectivity index (χ2n) is 12.5. The predicted molar refractivity (Wildman–Crippen MR) is 215 cm³/mol. The lowest BCUT2D eigenvalue weighted by atomic mass is 9.95. The van der Waals surface area contributed by atoms with E-state index in [0.717, 1.165) is 11.4 Å². The van der Waals surface area contributed by atoms with Gasteiger partial charge in [-0.1, -0.05) is 121 Å². The molecule has 10 rings (SSSR count). The van der Waals surface area contributed by atoms with Crippen molar-refractivity contribution in [2.75, 3.05) is 4.90 Å². The lowest BCUT2D eigenvalue weighted by Crippen LogP contribution is -2.10. The summed E-state index contributed by atoms with van der Waals surface area (Å²) >= 11 is 3.74. The molecule has 49 heavy (non-hydrogen) atoms. The van der Waals surface area contributed by atoms with Crippen molar-refractivity contribution in [3.63, 3.8) is 0 Å². The van der Waals surface area contributed by atoms with Crippen molar-refractivity contribution in [1.29, 1.82) is 0 Å². The van der Waals surface area contributed by atoms with E-state index in [9.17, 15) is 0 Å². The summed E-state index contributed by atoms with van der Waals surface area (Å²) in [4.78, 5) is 2.44. The molecule has 8 aromatic carbocycles. The maximum atomic E-state index is 2.44. The third-order valence-electron chi connectivity index (χ3n) is 9.66. The summed E-state index contributed by atoms with van der Waals surface area (Å²) < 4.78 is 5.24. The first kappa shape index (κ1) is 28.3. The zero-order valence-electron chi connectivity index (χ0n) is 26.5. The van der Waals surface area contributed by atoms with Gasteiger partial charge in [-0.2, -0.15) is 0 Å². The maximum Gasteiger partial charge on any atom is 0.0640 e. The van der Waals surface area contributed by atoms with Gasteiger partial charge in [0, 0.05) is 47.0 Å². The number of hydrogen-bond donors (Lipinski definition) is 0. The average Bonchev–Trinajstić information content (AvgIpc) is 3.74. The highest BCUT2D eigenvalue weighted by molar-refractivity contribution is 7.26. The highest BCUT2D eigenvalue weighted by Crippen LogP contribution is 2.46. The van der Waals surface area contributed by atoms with Crippen LogP contribution in [0.15, 0.2) is 176 Å². The summed E-state index contributed by atoms with van der Waals surface area (Å²) in [5, 5.41) is 7.76. The largest absolute Gasteiger partial charge is 0.309 e. The molecule has 0 N–H and O–H groups in total. The van der Waals surface area contributed by atoms with Crippen molar-refractivity contribution in [1.82, 2.24) is 0 Å². The van der Waals surface area contributed by atoms with Crippen LogP contribution in [-0.2, 0) is 0 Å². The summed E-state index contributed by atoms with van der Waals surface area (Å²) in [7, 11) is 0. The third-order valence-corrected chi connectivity index (χ3v) is 12.0. The van der Waals surface area contributed by atoms with Crippen LogP contribution in [-0.4, -0.2) is 0 Å². The molecule has 0 saturated heterocycles. The number of thiophene rings is 2. The standard InChI is InChI=1S/C46H29NS2/c1-2-14-36-31(10-1)11-8-17-37(36)33-13-7-12-32(28-33)30-22-24-34(25-23-30)47(35-26-27-45-41(29-35)39-16-4-5-20-43(39)48-45)42-19-9-18-40-38-15-3-6-21-44(38)49-46(40)42/h1-29H. The molecule has 0 saturated carbocycles. The lowest BCUT2D eigenvalue weighted by Gasteiger charge is -2.26. The molecule has 2 aromatic heterocycles. The van der Waals surface area contributed by atoms with E-state index in [1.807, 2.05) is 22.7 Å². The molecule has 0 aliphatic heterocycles. The number of anilines is 3. The smallest absolute Gasteiger partial charge is 0.0640 e. The van der Waals surface area contributed by atoms with Crippen molar-refractivity contribution < 1.29 is 0 Å². The molecular formula is C46H29NS2. The maximum absolute atomic E-state index is 2.44. The average molecular weight is 660 g/mol. The van der Waals surface area contributed by atoms with Crippen LogP contribution < -0.4 is 4.90 Å². The van der Waals surface area contributed by atoms with Gasteiger partial charge in [0.1, 0.15) is 0 Å².